The maximum atomic E-state index is 13.1. The molecule has 0 saturated carbocycles. The standard InChI is InChI=1S/C24H19BrClN3O5/c1-14-11-16(5-10-20(14)25)27-24(31)22(12-15-3-6-17(7-4-15)29(32)33)28-23(30)19-9-8-18(34-2)13-21(19)26/h3-13H,1-2H3,(H,27,31)(H,28,30). The Balaban J connectivity index is 1.93. The molecule has 10 heteroatoms. The van der Waals surface area contributed by atoms with E-state index in [9.17, 15) is 19.7 Å². The number of anilines is 1. The van der Waals surface area contributed by atoms with Crippen LogP contribution in [0.5, 0.6) is 5.75 Å². The topological polar surface area (TPSA) is 111 Å². The molecule has 0 saturated heterocycles. The van der Waals surface area contributed by atoms with E-state index in [1.165, 1.54) is 49.6 Å². The van der Waals surface area contributed by atoms with E-state index >= 15 is 0 Å². The molecule has 8 nitrogen and oxygen atoms in total. The number of hydrogen-bond acceptors (Lipinski definition) is 5. The van der Waals surface area contributed by atoms with Crippen molar-refractivity contribution in [3.63, 3.8) is 0 Å². The van der Waals surface area contributed by atoms with E-state index in [1.807, 2.05) is 6.92 Å². The second kappa shape index (κ2) is 11.0. The molecule has 0 aliphatic carbocycles. The first-order valence-electron chi connectivity index (χ1n) is 9.86. The summed E-state index contributed by atoms with van der Waals surface area (Å²) in [5.74, 6) is -0.715. The van der Waals surface area contributed by atoms with Gasteiger partial charge in [0.25, 0.3) is 17.5 Å². The number of nitrogens with zero attached hydrogens (tertiary/aromatic N) is 1. The number of non-ortho nitro benzene ring substituents is 1. The molecule has 0 heterocycles. The SMILES string of the molecule is COc1ccc(C(=O)NC(=Cc2ccc([N+](=O)[O-])cc2)C(=O)Nc2ccc(Br)c(C)c2)c(Cl)c1. The van der Waals surface area contributed by atoms with Crippen LogP contribution in [0, 0.1) is 17.0 Å². The fourth-order valence-electron chi connectivity index (χ4n) is 2.93. The zero-order chi connectivity index (χ0) is 24.8. The van der Waals surface area contributed by atoms with Crippen molar-refractivity contribution < 1.29 is 19.2 Å². The maximum absolute atomic E-state index is 13.1. The van der Waals surface area contributed by atoms with Crippen LogP contribution in [-0.2, 0) is 4.79 Å². The Bertz CT molecular complexity index is 1290. The fraction of sp³-hybridized carbons (Fsp3) is 0.0833. The number of amides is 2. The number of methoxy groups -OCH3 is 1. The van der Waals surface area contributed by atoms with Crippen molar-refractivity contribution in [2.45, 2.75) is 6.92 Å². The summed E-state index contributed by atoms with van der Waals surface area (Å²) in [6.07, 6.45) is 1.42. The predicted octanol–water partition coefficient (Wildman–Crippen LogP) is 5.74. The first-order valence-corrected chi connectivity index (χ1v) is 11.0. The van der Waals surface area contributed by atoms with Crippen LogP contribution in [-0.4, -0.2) is 23.8 Å². The molecule has 0 spiro atoms. The van der Waals surface area contributed by atoms with Gasteiger partial charge in [-0.3, -0.25) is 19.7 Å². The van der Waals surface area contributed by atoms with Crippen LogP contribution in [0.2, 0.25) is 5.02 Å². The molecule has 0 aliphatic rings. The summed E-state index contributed by atoms with van der Waals surface area (Å²) in [6, 6.07) is 15.4. The smallest absolute Gasteiger partial charge is 0.272 e. The highest BCUT2D eigenvalue weighted by Crippen LogP contribution is 2.24. The summed E-state index contributed by atoms with van der Waals surface area (Å²) in [7, 11) is 1.48. The lowest BCUT2D eigenvalue weighted by atomic mass is 10.1. The number of carbonyl (C=O) groups is 2. The summed E-state index contributed by atoms with van der Waals surface area (Å²) in [6.45, 7) is 1.88. The first-order chi connectivity index (χ1) is 16.2. The van der Waals surface area contributed by atoms with Crippen LogP contribution in [0.3, 0.4) is 0 Å². The normalized spacial score (nSPS) is 11.0. The lowest BCUT2D eigenvalue weighted by Gasteiger charge is -2.13. The first kappa shape index (κ1) is 24.9. The van der Waals surface area contributed by atoms with Crippen molar-refractivity contribution in [2.75, 3.05) is 12.4 Å². The van der Waals surface area contributed by atoms with Crippen molar-refractivity contribution in [3.8, 4) is 5.75 Å². The molecule has 3 aromatic rings. The van der Waals surface area contributed by atoms with Crippen LogP contribution in [0.4, 0.5) is 11.4 Å². The van der Waals surface area contributed by atoms with Crippen molar-refractivity contribution in [2.24, 2.45) is 0 Å². The average molecular weight is 545 g/mol. The number of benzene rings is 3. The average Bonchev–Trinajstić information content (AvgIpc) is 2.81. The van der Waals surface area contributed by atoms with Crippen LogP contribution >= 0.6 is 27.5 Å². The van der Waals surface area contributed by atoms with E-state index in [1.54, 1.807) is 24.3 Å². The Morgan fingerprint density at radius 3 is 2.38 bits per heavy atom. The third-order valence-corrected chi connectivity index (χ3v) is 5.95. The zero-order valence-electron chi connectivity index (χ0n) is 18.1. The summed E-state index contributed by atoms with van der Waals surface area (Å²) >= 11 is 9.62. The molecule has 0 aromatic heterocycles. The van der Waals surface area contributed by atoms with Gasteiger partial charge < -0.3 is 15.4 Å². The Morgan fingerprint density at radius 1 is 1.09 bits per heavy atom. The molecule has 34 heavy (non-hydrogen) atoms. The largest absolute Gasteiger partial charge is 0.497 e. The molecule has 3 aromatic carbocycles. The second-order valence-corrected chi connectivity index (χ2v) is 8.39. The summed E-state index contributed by atoms with van der Waals surface area (Å²) < 4.78 is 5.98. The van der Waals surface area contributed by atoms with Crippen LogP contribution in [0.15, 0.2) is 70.8 Å². The number of nitro benzene ring substituents is 1. The van der Waals surface area contributed by atoms with Gasteiger partial charge in [0.1, 0.15) is 11.4 Å². The molecule has 0 aliphatic heterocycles. The van der Waals surface area contributed by atoms with Crippen molar-refractivity contribution in [3.05, 3.63) is 103 Å². The van der Waals surface area contributed by atoms with E-state index in [0.29, 0.717) is 17.0 Å². The Kier molecular flexibility index (Phi) is 8.04. The molecule has 0 atom stereocenters. The number of halogens is 2. The molecule has 0 bridgehead atoms. The highest BCUT2D eigenvalue weighted by Gasteiger charge is 2.18. The molecule has 2 N–H and O–H groups in total. The lowest BCUT2D eigenvalue weighted by Crippen LogP contribution is -2.31. The number of nitro groups is 1. The fourth-order valence-corrected chi connectivity index (χ4v) is 3.44. The number of hydrogen-bond donors (Lipinski definition) is 2. The molecule has 2 amide bonds. The van der Waals surface area contributed by atoms with E-state index in [0.717, 1.165) is 10.0 Å². The number of aryl methyl sites for hydroxylation is 1. The molecule has 174 valence electrons. The quantitative estimate of drug-likeness (QED) is 0.224. The highest BCUT2D eigenvalue weighted by atomic mass is 79.9. The lowest BCUT2D eigenvalue weighted by molar-refractivity contribution is -0.384. The maximum Gasteiger partial charge on any atom is 0.272 e. The molecule has 0 fully saturated rings. The zero-order valence-corrected chi connectivity index (χ0v) is 20.4. The third kappa shape index (κ3) is 6.21. The van der Waals surface area contributed by atoms with Gasteiger partial charge in [-0.2, -0.15) is 0 Å². The van der Waals surface area contributed by atoms with E-state index in [2.05, 4.69) is 26.6 Å². The van der Waals surface area contributed by atoms with Gasteiger partial charge in [-0.15, -0.1) is 0 Å². The van der Waals surface area contributed by atoms with Crippen LogP contribution in [0.1, 0.15) is 21.5 Å². The Morgan fingerprint density at radius 2 is 1.79 bits per heavy atom. The van der Waals surface area contributed by atoms with Gasteiger partial charge in [-0.25, -0.2) is 0 Å². The van der Waals surface area contributed by atoms with E-state index in [4.69, 9.17) is 16.3 Å². The number of carbonyl (C=O) groups excluding carboxylic acids is 2. The third-order valence-electron chi connectivity index (χ3n) is 4.74. The van der Waals surface area contributed by atoms with Gasteiger partial charge in [0, 0.05) is 22.3 Å². The van der Waals surface area contributed by atoms with Gasteiger partial charge in [-0.05, 0) is 72.7 Å². The minimum Gasteiger partial charge on any atom is -0.497 e. The summed E-state index contributed by atoms with van der Waals surface area (Å²) in [4.78, 5) is 36.4. The van der Waals surface area contributed by atoms with Gasteiger partial charge >= 0.3 is 0 Å². The van der Waals surface area contributed by atoms with Gasteiger partial charge in [0.2, 0.25) is 0 Å². The van der Waals surface area contributed by atoms with E-state index in [-0.39, 0.29) is 22.0 Å². The Hall–Kier alpha value is -3.69. The number of ether oxygens (including phenoxy) is 1. The van der Waals surface area contributed by atoms with Gasteiger partial charge in [0.05, 0.1) is 22.6 Å². The second-order valence-electron chi connectivity index (χ2n) is 7.12. The number of nitrogens with one attached hydrogen (secondary N) is 2. The van der Waals surface area contributed by atoms with Crippen molar-refractivity contribution in [1.29, 1.82) is 0 Å². The summed E-state index contributed by atoms with van der Waals surface area (Å²) in [5.41, 5.74) is 1.88. The summed E-state index contributed by atoms with van der Waals surface area (Å²) in [5, 5.41) is 16.4. The predicted molar refractivity (Wildman–Crippen MR) is 134 cm³/mol. The van der Waals surface area contributed by atoms with Gasteiger partial charge in [-0.1, -0.05) is 27.5 Å². The monoisotopic (exact) mass is 543 g/mol. The van der Waals surface area contributed by atoms with Crippen LogP contribution < -0.4 is 15.4 Å². The minimum absolute atomic E-state index is 0.0775. The van der Waals surface area contributed by atoms with E-state index < -0.39 is 16.7 Å². The molecule has 0 unspecified atom stereocenters. The molecular formula is C24H19BrClN3O5. The molecule has 3 rings (SSSR count). The van der Waals surface area contributed by atoms with Crippen LogP contribution in [0.25, 0.3) is 6.08 Å². The molecule has 0 radical (unpaired) electrons. The molecular weight excluding hydrogens is 526 g/mol. The highest BCUT2D eigenvalue weighted by molar-refractivity contribution is 9.10. The minimum atomic E-state index is -0.608. The van der Waals surface area contributed by atoms with Crippen molar-refractivity contribution in [1.82, 2.24) is 5.32 Å². The van der Waals surface area contributed by atoms with Gasteiger partial charge in [0.15, 0.2) is 0 Å². The Labute approximate surface area is 208 Å². The van der Waals surface area contributed by atoms with Crippen molar-refractivity contribution >= 4 is 56.8 Å². The number of rotatable bonds is 7.